The summed E-state index contributed by atoms with van der Waals surface area (Å²) in [7, 11) is 0. The van der Waals surface area contributed by atoms with E-state index in [1.54, 1.807) is 36.5 Å². The molecule has 0 spiro atoms. The number of fused-ring (bicyclic) bond motifs is 2. The number of nitrogens with zero attached hydrogens (tertiary/aromatic N) is 3. The van der Waals surface area contributed by atoms with E-state index in [2.05, 4.69) is 25.6 Å². The highest BCUT2D eigenvalue weighted by molar-refractivity contribution is 5.92. The van der Waals surface area contributed by atoms with Gasteiger partial charge in [-0.25, -0.2) is 14.8 Å². The van der Waals surface area contributed by atoms with E-state index in [0.717, 1.165) is 11.1 Å². The Balaban J connectivity index is 1.48. The van der Waals surface area contributed by atoms with E-state index in [-0.39, 0.29) is 24.3 Å². The first-order chi connectivity index (χ1) is 14.0. The first kappa shape index (κ1) is 18.2. The SMILES string of the molecule is O=C(O)NCc1nc2ccc(CNC(=O)c3cc(=O)n4ccccc4n3)cc2[nH]1. The Morgan fingerprint density at radius 1 is 1.07 bits per heavy atom. The fourth-order valence-electron chi connectivity index (χ4n) is 2.91. The molecule has 4 rings (SSSR count). The third kappa shape index (κ3) is 3.90. The maximum Gasteiger partial charge on any atom is 0.405 e. The highest BCUT2D eigenvalue weighted by Gasteiger charge is 2.11. The Bertz CT molecular complexity index is 1290. The normalized spacial score (nSPS) is 10.9. The first-order valence-corrected chi connectivity index (χ1v) is 8.70. The van der Waals surface area contributed by atoms with Crippen LogP contribution in [0, 0.1) is 0 Å². The molecule has 10 nitrogen and oxygen atoms in total. The van der Waals surface area contributed by atoms with E-state index < -0.39 is 12.0 Å². The zero-order valence-electron chi connectivity index (χ0n) is 15.0. The molecule has 0 radical (unpaired) electrons. The number of hydrogen-bond donors (Lipinski definition) is 4. The summed E-state index contributed by atoms with van der Waals surface area (Å²) in [6, 6.07) is 11.7. The summed E-state index contributed by atoms with van der Waals surface area (Å²) in [4.78, 5) is 46.7. The van der Waals surface area contributed by atoms with Gasteiger partial charge in [0.2, 0.25) is 0 Å². The van der Waals surface area contributed by atoms with Gasteiger partial charge in [0.05, 0.1) is 17.6 Å². The predicted octanol–water partition coefficient (Wildman–Crippen LogP) is 1.27. The Labute approximate surface area is 163 Å². The van der Waals surface area contributed by atoms with Crippen molar-refractivity contribution < 1.29 is 14.7 Å². The first-order valence-electron chi connectivity index (χ1n) is 8.70. The summed E-state index contributed by atoms with van der Waals surface area (Å²) in [5.74, 6) is 0.0360. The number of aromatic nitrogens is 4. The molecule has 0 atom stereocenters. The van der Waals surface area contributed by atoms with Gasteiger partial charge in [-0.05, 0) is 29.8 Å². The van der Waals surface area contributed by atoms with Gasteiger partial charge in [0.1, 0.15) is 17.2 Å². The number of nitrogens with one attached hydrogen (secondary N) is 3. The monoisotopic (exact) mass is 392 g/mol. The van der Waals surface area contributed by atoms with Gasteiger partial charge in [0.25, 0.3) is 11.5 Å². The molecule has 2 amide bonds. The van der Waals surface area contributed by atoms with Crippen LogP contribution in [-0.2, 0) is 13.1 Å². The summed E-state index contributed by atoms with van der Waals surface area (Å²) in [5, 5.41) is 13.7. The van der Waals surface area contributed by atoms with Crippen LogP contribution in [0.25, 0.3) is 16.7 Å². The van der Waals surface area contributed by atoms with Crippen LogP contribution in [0.15, 0.2) is 53.5 Å². The molecule has 0 saturated carbocycles. The van der Waals surface area contributed by atoms with E-state index in [1.165, 1.54) is 10.5 Å². The number of aromatic amines is 1. The Morgan fingerprint density at radius 2 is 1.93 bits per heavy atom. The van der Waals surface area contributed by atoms with E-state index in [4.69, 9.17) is 5.11 Å². The molecule has 0 bridgehead atoms. The smallest absolute Gasteiger partial charge is 0.405 e. The lowest BCUT2D eigenvalue weighted by atomic mass is 10.2. The third-order valence-electron chi connectivity index (χ3n) is 4.26. The van der Waals surface area contributed by atoms with Crippen LogP contribution >= 0.6 is 0 Å². The molecule has 3 heterocycles. The zero-order valence-corrected chi connectivity index (χ0v) is 15.0. The molecule has 0 fully saturated rings. The number of carboxylic acid groups (broad SMARTS) is 1. The average Bonchev–Trinajstić information content (AvgIpc) is 3.12. The largest absolute Gasteiger partial charge is 0.465 e. The Morgan fingerprint density at radius 3 is 2.76 bits per heavy atom. The lowest BCUT2D eigenvalue weighted by Crippen LogP contribution is -2.26. The van der Waals surface area contributed by atoms with Gasteiger partial charge in [0.15, 0.2) is 0 Å². The van der Waals surface area contributed by atoms with Crippen molar-refractivity contribution in [3.63, 3.8) is 0 Å². The standard InChI is InChI=1S/C19H16N6O4/c26-17-8-14(24-16-3-1-2-6-25(16)17)18(27)20-9-11-4-5-12-13(7-11)23-15(22-12)10-21-19(28)29/h1-8,21H,9-10H2,(H,20,27)(H,22,23)(H,28,29). The van der Waals surface area contributed by atoms with Crippen molar-refractivity contribution in [3.8, 4) is 0 Å². The average molecular weight is 392 g/mol. The van der Waals surface area contributed by atoms with Crippen molar-refractivity contribution in [3.05, 3.63) is 76.1 Å². The second-order valence-corrected chi connectivity index (χ2v) is 6.28. The lowest BCUT2D eigenvalue weighted by Gasteiger charge is -2.06. The van der Waals surface area contributed by atoms with Crippen molar-refractivity contribution in [2.24, 2.45) is 0 Å². The number of H-pyrrole nitrogens is 1. The summed E-state index contributed by atoms with van der Waals surface area (Å²) in [5.41, 5.74) is 2.33. The maximum atomic E-state index is 12.4. The fraction of sp³-hybridized carbons (Fsp3) is 0.105. The van der Waals surface area contributed by atoms with Crippen molar-refractivity contribution in [2.75, 3.05) is 0 Å². The van der Waals surface area contributed by atoms with E-state index >= 15 is 0 Å². The molecular formula is C19H16N6O4. The van der Waals surface area contributed by atoms with Crippen molar-refractivity contribution in [1.29, 1.82) is 0 Å². The van der Waals surface area contributed by atoms with Gasteiger partial charge in [-0.15, -0.1) is 0 Å². The Kier molecular flexibility index (Phi) is 4.65. The second-order valence-electron chi connectivity index (χ2n) is 6.28. The number of rotatable bonds is 5. The number of hydrogen-bond acceptors (Lipinski definition) is 5. The number of amides is 2. The highest BCUT2D eigenvalue weighted by Crippen LogP contribution is 2.14. The molecule has 0 aliphatic carbocycles. The number of benzene rings is 1. The molecule has 10 heteroatoms. The molecule has 0 aliphatic rings. The van der Waals surface area contributed by atoms with Crippen LogP contribution in [0.4, 0.5) is 4.79 Å². The van der Waals surface area contributed by atoms with Crippen LogP contribution < -0.4 is 16.2 Å². The molecule has 4 aromatic rings. The molecule has 4 N–H and O–H groups in total. The quantitative estimate of drug-likeness (QED) is 0.403. The third-order valence-corrected chi connectivity index (χ3v) is 4.26. The minimum Gasteiger partial charge on any atom is -0.465 e. The van der Waals surface area contributed by atoms with Crippen molar-refractivity contribution in [1.82, 2.24) is 30.0 Å². The van der Waals surface area contributed by atoms with Crippen LogP contribution in [0.1, 0.15) is 21.9 Å². The lowest BCUT2D eigenvalue weighted by molar-refractivity contribution is 0.0946. The molecule has 3 aromatic heterocycles. The molecular weight excluding hydrogens is 376 g/mol. The maximum absolute atomic E-state index is 12.4. The molecule has 0 aliphatic heterocycles. The van der Waals surface area contributed by atoms with Crippen LogP contribution in [0.2, 0.25) is 0 Å². The minimum atomic E-state index is -1.13. The second kappa shape index (κ2) is 7.43. The van der Waals surface area contributed by atoms with Crippen LogP contribution in [0.3, 0.4) is 0 Å². The molecule has 0 unspecified atom stereocenters. The van der Waals surface area contributed by atoms with Gasteiger partial charge < -0.3 is 20.7 Å². The molecule has 0 saturated heterocycles. The van der Waals surface area contributed by atoms with Gasteiger partial charge >= 0.3 is 6.09 Å². The van der Waals surface area contributed by atoms with Gasteiger partial charge in [-0.2, -0.15) is 0 Å². The van der Waals surface area contributed by atoms with E-state index in [1.807, 2.05) is 6.07 Å². The zero-order chi connectivity index (χ0) is 20.4. The van der Waals surface area contributed by atoms with Crippen LogP contribution in [0.5, 0.6) is 0 Å². The van der Waals surface area contributed by atoms with Gasteiger partial charge in [-0.1, -0.05) is 12.1 Å². The number of carbonyl (C=O) groups is 2. The number of pyridine rings is 1. The van der Waals surface area contributed by atoms with Crippen molar-refractivity contribution in [2.45, 2.75) is 13.1 Å². The molecule has 29 heavy (non-hydrogen) atoms. The fourth-order valence-corrected chi connectivity index (χ4v) is 2.91. The van der Waals surface area contributed by atoms with Gasteiger partial charge in [0, 0.05) is 18.8 Å². The van der Waals surface area contributed by atoms with E-state index in [0.29, 0.717) is 17.0 Å². The predicted molar refractivity (Wildman–Crippen MR) is 104 cm³/mol. The molecule has 1 aromatic carbocycles. The van der Waals surface area contributed by atoms with Gasteiger partial charge in [-0.3, -0.25) is 14.0 Å². The van der Waals surface area contributed by atoms with Crippen LogP contribution in [-0.4, -0.2) is 36.5 Å². The number of carbonyl (C=O) groups excluding carboxylic acids is 1. The van der Waals surface area contributed by atoms with E-state index in [9.17, 15) is 14.4 Å². The Hall–Kier alpha value is -4.21. The van der Waals surface area contributed by atoms with Crippen molar-refractivity contribution >= 4 is 28.7 Å². The summed E-state index contributed by atoms with van der Waals surface area (Å²) in [6.07, 6.45) is 0.461. The topological polar surface area (TPSA) is 141 Å². The summed E-state index contributed by atoms with van der Waals surface area (Å²) in [6.45, 7) is 0.297. The number of imidazole rings is 1. The minimum absolute atomic E-state index is 0.0471. The summed E-state index contributed by atoms with van der Waals surface area (Å²) >= 11 is 0. The summed E-state index contributed by atoms with van der Waals surface area (Å²) < 4.78 is 1.36. The highest BCUT2D eigenvalue weighted by atomic mass is 16.4. The molecule has 146 valence electrons.